The van der Waals surface area contributed by atoms with E-state index in [0.717, 1.165) is 31.5 Å². The van der Waals surface area contributed by atoms with Crippen LogP contribution in [-0.4, -0.2) is 47.9 Å². The average Bonchev–Trinajstić information content (AvgIpc) is 3.04. The molecule has 3 nitrogen and oxygen atoms in total. The summed E-state index contributed by atoms with van der Waals surface area (Å²) in [5, 5.41) is 1.05. The summed E-state index contributed by atoms with van der Waals surface area (Å²) in [7, 11) is 0. The van der Waals surface area contributed by atoms with Crippen molar-refractivity contribution in [3.8, 4) is 0 Å². The third kappa shape index (κ3) is 5.50. The predicted octanol–water partition coefficient (Wildman–Crippen LogP) is 4.68. The first kappa shape index (κ1) is 20.8. The number of amides is 1. The van der Waals surface area contributed by atoms with Crippen molar-refractivity contribution in [2.75, 3.05) is 26.2 Å². The van der Waals surface area contributed by atoms with Crippen molar-refractivity contribution in [1.29, 1.82) is 0 Å². The second kappa shape index (κ2) is 9.45. The van der Waals surface area contributed by atoms with E-state index in [1.165, 1.54) is 25.9 Å². The van der Waals surface area contributed by atoms with Gasteiger partial charge in [0.2, 0.25) is 5.91 Å². The Morgan fingerprint density at radius 3 is 2.56 bits per heavy atom. The Labute approximate surface area is 167 Å². The molecule has 2 aliphatic heterocycles. The Bertz CT molecular complexity index is 590. The van der Waals surface area contributed by atoms with Crippen molar-refractivity contribution < 1.29 is 4.79 Å². The summed E-state index contributed by atoms with van der Waals surface area (Å²) in [6.07, 6.45) is 5.20. The highest BCUT2D eigenvalue weighted by Crippen LogP contribution is 2.26. The van der Waals surface area contributed by atoms with Gasteiger partial charge in [0.15, 0.2) is 0 Å². The van der Waals surface area contributed by atoms with Crippen LogP contribution in [0.4, 0.5) is 0 Å². The standard InChI is InChI=1S/C19H26Cl2N2O.ClH/c1-14-6-9-23(16(10-14)13-22-7-2-3-8-22)19(24)12-15-4-5-17(20)18(21)11-15;/h4-5,11,14,16H,2-3,6-10,12-13H2,1H3;1H. The van der Waals surface area contributed by atoms with Crippen LogP contribution in [0.3, 0.4) is 0 Å². The molecule has 0 spiro atoms. The number of nitrogens with zero attached hydrogens (tertiary/aromatic N) is 2. The molecule has 1 aromatic rings. The van der Waals surface area contributed by atoms with Crippen LogP contribution in [0.25, 0.3) is 0 Å². The molecule has 0 radical (unpaired) electrons. The SMILES string of the molecule is CC1CCN(C(=O)Cc2ccc(Cl)c(Cl)c2)C(CN2CCCC2)C1.Cl. The van der Waals surface area contributed by atoms with Crippen molar-refractivity contribution in [2.24, 2.45) is 5.92 Å². The fourth-order valence-corrected chi connectivity index (χ4v) is 4.26. The van der Waals surface area contributed by atoms with E-state index in [0.29, 0.717) is 28.4 Å². The van der Waals surface area contributed by atoms with Crippen LogP contribution < -0.4 is 0 Å². The monoisotopic (exact) mass is 404 g/mol. The van der Waals surface area contributed by atoms with E-state index in [4.69, 9.17) is 23.2 Å². The first-order valence-electron chi connectivity index (χ1n) is 8.98. The molecule has 6 heteroatoms. The molecule has 0 saturated carbocycles. The molecule has 1 amide bonds. The van der Waals surface area contributed by atoms with Crippen molar-refractivity contribution >= 4 is 41.5 Å². The number of rotatable bonds is 4. The van der Waals surface area contributed by atoms with E-state index in [1.54, 1.807) is 6.07 Å². The third-order valence-electron chi connectivity index (χ3n) is 5.31. The van der Waals surface area contributed by atoms with Crippen LogP contribution >= 0.6 is 35.6 Å². The van der Waals surface area contributed by atoms with Gasteiger partial charge in [0, 0.05) is 19.1 Å². The number of hydrogen-bond donors (Lipinski definition) is 0. The zero-order valence-electron chi connectivity index (χ0n) is 14.7. The van der Waals surface area contributed by atoms with Crippen molar-refractivity contribution in [1.82, 2.24) is 9.80 Å². The van der Waals surface area contributed by atoms with Gasteiger partial charge in [0.05, 0.1) is 16.5 Å². The molecule has 2 saturated heterocycles. The van der Waals surface area contributed by atoms with Gasteiger partial charge < -0.3 is 9.80 Å². The van der Waals surface area contributed by atoms with Gasteiger partial charge >= 0.3 is 0 Å². The molecule has 3 rings (SSSR count). The average molecular weight is 406 g/mol. The molecule has 1 aromatic carbocycles. The summed E-state index contributed by atoms with van der Waals surface area (Å²) in [6.45, 7) is 6.56. The number of hydrogen-bond acceptors (Lipinski definition) is 2. The molecule has 2 heterocycles. The lowest BCUT2D eigenvalue weighted by atomic mass is 9.91. The molecule has 25 heavy (non-hydrogen) atoms. The molecule has 0 aromatic heterocycles. The van der Waals surface area contributed by atoms with E-state index in [2.05, 4.69) is 16.7 Å². The molecule has 2 unspecified atom stereocenters. The predicted molar refractivity (Wildman–Crippen MR) is 107 cm³/mol. The summed E-state index contributed by atoms with van der Waals surface area (Å²) >= 11 is 12.0. The van der Waals surface area contributed by atoms with E-state index in [-0.39, 0.29) is 18.3 Å². The maximum Gasteiger partial charge on any atom is 0.227 e. The first-order valence-corrected chi connectivity index (χ1v) is 9.74. The highest BCUT2D eigenvalue weighted by Gasteiger charge is 2.31. The van der Waals surface area contributed by atoms with E-state index >= 15 is 0 Å². The normalized spacial score (nSPS) is 24.2. The van der Waals surface area contributed by atoms with Gasteiger partial charge in [-0.1, -0.05) is 36.2 Å². The number of halogens is 3. The summed E-state index contributed by atoms with van der Waals surface area (Å²) in [5.41, 5.74) is 0.938. The number of carbonyl (C=O) groups excluding carboxylic acids is 1. The molecule has 0 N–H and O–H groups in total. The highest BCUT2D eigenvalue weighted by molar-refractivity contribution is 6.42. The van der Waals surface area contributed by atoms with Gasteiger partial charge in [-0.15, -0.1) is 12.4 Å². The topological polar surface area (TPSA) is 23.6 Å². The lowest BCUT2D eigenvalue weighted by Gasteiger charge is -2.40. The van der Waals surface area contributed by atoms with Crippen LogP contribution in [0.5, 0.6) is 0 Å². The lowest BCUT2D eigenvalue weighted by molar-refractivity contribution is -0.135. The Morgan fingerprint density at radius 2 is 1.88 bits per heavy atom. The van der Waals surface area contributed by atoms with E-state index in [1.807, 2.05) is 12.1 Å². The highest BCUT2D eigenvalue weighted by atomic mass is 35.5. The largest absolute Gasteiger partial charge is 0.338 e. The first-order chi connectivity index (χ1) is 11.5. The van der Waals surface area contributed by atoms with Gasteiger partial charge in [-0.2, -0.15) is 0 Å². The minimum absolute atomic E-state index is 0. The number of benzene rings is 1. The molecule has 2 fully saturated rings. The molecule has 2 aliphatic rings. The van der Waals surface area contributed by atoms with Gasteiger partial charge in [-0.25, -0.2) is 0 Å². The molecule has 140 valence electrons. The molecular formula is C19H27Cl3N2O. The minimum Gasteiger partial charge on any atom is -0.338 e. The van der Waals surface area contributed by atoms with Crippen LogP contribution in [0.2, 0.25) is 10.0 Å². The Morgan fingerprint density at radius 1 is 1.16 bits per heavy atom. The summed E-state index contributed by atoms with van der Waals surface area (Å²) in [6, 6.07) is 5.83. The zero-order valence-corrected chi connectivity index (χ0v) is 17.0. The van der Waals surface area contributed by atoms with Gasteiger partial charge in [0.25, 0.3) is 0 Å². The van der Waals surface area contributed by atoms with E-state index < -0.39 is 0 Å². The number of carbonyl (C=O) groups is 1. The smallest absolute Gasteiger partial charge is 0.227 e. The maximum absolute atomic E-state index is 12.9. The Balaban J connectivity index is 0.00000225. The lowest BCUT2D eigenvalue weighted by Crippen LogP contribution is -2.51. The Kier molecular flexibility index (Phi) is 7.88. The van der Waals surface area contributed by atoms with Gasteiger partial charge in [-0.3, -0.25) is 4.79 Å². The van der Waals surface area contributed by atoms with Crippen LogP contribution in [0.15, 0.2) is 18.2 Å². The van der Waals surface area contributed by atoms with Gasteiger partial charge in [0.1, 0.15) is 0 Å². The fourth-order valence-electron chi connectivity index (χ4n) is 3.94. The summed E-state index contributed by atoms with van der Waals surface area (Å²) < 4.78 is 0. The Hall–Kier alpha value is -0.480. The number of piperidine rings is 1. The summed E-state index contributed by atoms with van der Waals surface area (Å²) in [5.74, 6) is 0.913. The minimum atomic E-state index is 0. The van der Waals surface area contributed by atoms with Crippen molar-refractivity contribution in [3.05, 3.63) is 33.8 Å². The second-order valence-electron chi connectivity index (χ2n) is 7.30. The fraction of sp³-hybridized carbons (Fsp3) is 0.632. The quantitative estimate of drug-likeness (QED) is 0.726. The molecule has 0 aliphatic carbocycles. The molecule has 0 bridgehead atoms. The summed E-state index contributed by atoms with van der Waals surface area (Å²) in [4.78, 5) is 17.5. The zero-order chi connectivity index (χ0) is 17.1. The van der Waals surface area contributed by atoms with Crippen molar-refractivity contribution in [2.45, 2.75) is 45.1 Å². The van der Waals surface area contributed by atoms with Crippen LogP contribution in [0.1, 0.15) is 38.2 Å². The third-order valence-corrected chi connectivity index (χ3v) is 6.04. The molecular weight excluding hydrogens is 379 g/mol. The second-order valence-corrected chi connectivity index (χ2v) is 8.12. The van der Waals surface area contributed by atoms with Gasteiger partial charge in [-0.05, 0) is 62.4 Å². The molecule has 2 atom stereocenters. The maximum atomic E-state index is 12.9. The van der Waals surface area contributed by atoms with Crippen LogP contribution in [0, 0.1) is 5.92 Å². The van der Waals surface area contributed by atoms with Crippen molar-refractivity contribution in [3.63, 3.8) is 0 Å². The number of likely N-dealkylation sites (tertiary alicyclic amines) is 2. The van der Waals surface area contributed by atoms with Crippen LogP contribution in [-0.2, 0) is 11.2 Å². The van der Waals surface area contributed by atoms with E-state index in [9.17, 15) is 4.79 Å².